The van der Waals surface area contributed by atoms with E-state index in [9.17, 15) is 0 Å². The molecule has 2 aliphatic heterocycles. The van der Waals surface area contributed by atoms with Crippen molar-refractivity contribution in [1.82, 2.24) is 0 Å². The minimum absolute atomic E-state index is 0.458. The normalized spacial score (nSPS) is 21.3. The van der Waals surface area contributed by atoms with E-state index in [0.29, 0.717) is 0 Å². The fraction of sp³-hybridized carbons (Fsp3) is 0.100. The van der Waals surface area contributed by atoms with Gasteiger partial charge in [0.25, 0.3) is 0 Å². The van der Waals surface area contributed by atoms with E-state index in [1.54, 1.807) is 0 Å². The summed E-state index contributed by atoms with van der Waals surface area (Å²) < 4.78 is 6.31. The van der Waals surface area contributed by atoms with Crippen LogP contribution >= 0.6 is 0 Å². The van der Waals surface area contributed by atoms with Crippen LogP contribution in [0.3, 0.4) is 0 Å². The largest absolute Gasteiger partial charge is 0.464 e. The van der Waals surface area contributed by atoms with Crippen LogP contribution in [0, 0.1) is 0 Å². The molecule has 2 heteroatoms. The molecule has 0 amide bonds. The summed E-state index contributed by atoms with van der Waals surface area (Å²) in [4.78, 5) is 0. The number of para-hydroxylation sites is 1. The third-order valence-electron chi connectivity index (χ3n) is 4.55. The first-order chi connectivity index (χ1) is 10.8. The zero-order chi connectivity index (χ0) is 14.6. The maximum absolute atomic E-state index is 6.31. The van der Waals surface area contributed by atoms with E-state index in [1.165, 1.54) is 22.0 Å². The second-order valence-corrected chi connectivity index (χ2v) is 5.99. The van der Waals surface area contributed by atoms with Crippen LogP contribution in [-0.4, -0.2) is 5.72 Å². The molecule has 1 N–H and O–H groups in total. The van der Waals surface area contributed by atoms with Gasteiger partial charge in [0.1, 0.15) is 5.75 Å². The van der Waals surface area contributed by atoms with Gasteiger partial charge >= 0.3 is 0 Å². The predicted octanol–water partition coefficient (Wildman–Crippen LogP) is 4.61. The van der Waals surface area contributed by atoms with Crippen LogP contribution < -0.4 is 10.1 Å². The first-order valence-electron chi connectivity index (χ1n) is 7.59. The molecule has 1 spiro atoms. The Morgan fingerprint density at radius 3 is 2.77 bits per heavy atom. The van der Waals surface area contributed by atoms with Crippen LogP contribution in [-0.2, 0) is 6.42 Å². The zero-order valence-corrected chi connectivity index (χ0v) is 12.0. The van der Waals surface area contributed by atoms with E-state index in [4.69, 9.17) is 4.74 Å². The summed E-state index contributed by atoms with van der Waals surface area (Å²) in [6, 6.07) is 21.0. The highest BCUT2D eigenvalue weighted by atomic mass is 16.5. The van der Waals surface area contributed by atoms with E-state index < -0.39 is 5.72 Å². The van der Waals surface area contributed by atoms with Gasteiger partial charge in [-0.05, 0) is 29.2 Å². The van der Waals surface area contributed by atoms with Gasteiger partial charge in [0.05, 0.1) is 0 Å². The Morgan fingerprint density at radius 1 is 0.909 bits per heavy atom. The Bertz CT molecular complexity index is 928. The Balaban J connectivity index is 1.62. The second kappa shape index (κ2) is 4.14. The smallest absolute Gasteiger partial charge is 0.204 e. The summed E-state index contributed by atoms with van der Waals surface area (Å²) in [5, 5.41) is 6.14. The van der Waals surface area contributed by atoms with Crippen molar-refractivity contribution in [3.63, 3.8) is 0 Å². The van der Waals surface area contributed by atoms with Crippen molar-refractivity contribution < 1.29 is 4.74 Å². The lowest BCUT2D eigenvalue weighted by Gasteiger charge is -2.31. The van der Waals surface area contributed by atoms with Crippen LogP contribution in [0.4, 0.5) is 5.69 Å². The number of hydrogen-bond acceptors (Lipinski definition) is 2. The number of anilines is 1. The average Bonchev–Trinajstić information content (AvgIpc) is 2.93. The van der Waals surface area contributed by atoms with E-state index in [0.717, 1.165) is 17.7 Å². The fourth-order valence-electron chi connectivity index (χ4n) is 3.48. The van der Waals surface area contributed by atoms with Crippen molar-refractivity contribution in [3.05, 3.63) is 77.9 Å². The van der Waals surface area contributed by atoms with Crippen molar-refractivity contribution in [1.29, 1.82) is 0 Å². The van der Waals surface area contributed by atoms with Gasteiger partial charge < -0.3 is 10.1 Å². The fourth-order valence-corrected chi connectivity index (χ4v) is 3.48. The van der Waals surface area contributed by atoms with E-state index in [-0.39, 0.29) is 0 Å². The first-order valence-corrected chi connectivity index (χ1v) is 7.59. The van der Waals surface area contributed by atoms with Crippen molar-refractivity contribution in [2.75, 3.05) is 5.32 Å². The Kier molecular flexibility index (Phi) is 2.23. The standard InChI is InChI=1S/C20H15NO/c1-3-7-17-14(5-1)9-10-16-13-20(21-19(16)17)12-11-15-6-2-4-8-18(15)22-20/h1-12,21H,13H2/t20-/m0/s1. The van der Waals surface area contributed by atoms with E-state index in [2.05, 4.69) is 59.9 Å². The maximum atomic E-state index is 6.31. The van der Waals surface area contributed by atoms with Crippen LogP contribution in [0.1, 0.15) is 11.1 Å². The van der Waals surface area contributed by atoms with Crippen molar-refractivity contribution in [2.24, 2.45) is 0 Å². The summed E-state index contributed by atoms with van der Waals surface area (Å²) in [5.41, 5.74) is 3.18. The summed E-state index contributed by atoms with van der Waals surface area (Å²) in [6.45, 7) is 0. The third kappa shape index (κ3) is 1.61. The lowest BCUT2D eigenvalue weighted by atomic mass is 10.0. The van der Waals surface area contributed by atoms with Gasteiger partial charge in [-0.2, -0.15) is 0 Å². The molecule has 22 heavy (non-hydrogen) atoms. The van der Waals surface area contributed by atoms with Crippen LogP contribution in [0.5, 0.6) is 5.75 Å². The molecule has 0 unspecified atom stereocenters. The number of nitrogens with one attached hydrogen (secondary N) is 1. The molecule has 0 saturated heterocycles. The maximum Gasteiger partial charge on any atom is 0.204 e. The van der Waals surface area contributed by atoms with Crippen molar-refractivity contribution in [2.45, 2.75) is 12.1 Å². The van der Waals surface area contributed by atoms with Crippen molar-refractivity contribution in [3.8, 4) is 5.75 Å². The van der Waals surface area contributed by atoms with Gasteiger partial charge in [-0.3, -0.25) is 0 Å². The SMILES string of the molecule is C1=C[C@@]2(Cc3ccc4ccccc4c3N2)Oc2ccccc21. The average molecular weight is 285 g/mol. The summed E-state index contributed by atoms with van der Waals surface area (Å²) in [7, 11) is 0. The van der Waals surface area contributed by atoms with E-state index >= 15 is 0 Å². The van der Waals surface area contributed by atoms with E-state index in [1.807, 2.05) is 18.2 Å². The highest BCUT2D eigenvalue weighted by molar-refractivity contribution is 5.97. The Morgan fingerprint density at radius 2 is 1.77 bits per heavy atom. The van der Waals surface area contributed by atoms with Gasteiger partial charge in [-0.15, -0.1) is 0 Å². The molecule has 0 bridgehead atoms. The molecule has 3 aromatic carbocycles. The number of rotatable bonds is 0. The molecular formula is C20H15NO. The minimum Gasteiger partial charge on any atom is -0.464 e. The van der Waals surface area contributed by atoms with Gasteiger partial charge in [-0.1, -0.05) is 54.6 Å². The summed E-state index contributed by atoms with van der Waals surface area (Å²) in [5.74, 6) is 0.939. The lowest BCUT2D eigenvalue weighted by Crippen LogP contribution is -2.41. The Labute approximate surface area is 129 Å². The molecule has 0 fully saturated rings. The predicted molar refractivity (Wildman–Crippen MR) is 90.1 cm³/mol. The molecule has 3 aromatic rings. The summed E-state index contributed by atoms with van der Waals surface area (Å²) in [6.07, 6.45) is 5.14. The number of fused-ring (bicyclic) bond motifs is 4. The van der Waals surface area contributed by atoms with Crippen LogP contribution in [0.25, 0.3) is 16.8 Å². The molecule has 0 aliphatic carbocycles. The monoisotopic (exact) mass is 285 g/mol. The molecule has 0 radical (unpaired) electrons. The zero-order valence-electron chi connectivity index (χ0n) is 12.0. The molecule has 0 aromatic heterocycles. The van der Waals surface area contributed by atoms with Crippen molar-refractivity contribution >= 4 is 22.5 Å². The molecule has 0 saturated carbocycles. The van der Waals surface area contributed by atoms with Crippen LogP contribution in [0.15, 0.2) is 66.7 Å². The minimum atomic E-state index is -0.458. The Hall–Kier alpha value is -2.74. The molecule has 106 valence electrons. The number of ether oxygens (including phenoxy) is 1. The van der Waals surface area contributed by atoms with Crippen LogP contribution in [0.2, 0.25) is 0 Å². The van der Waals surface area contributed by atoms with Gasteiger partial charge in [0.2, 0.25) is 5.72 Å². The van der Waals surface area contributed by atoms with Gasteiger partial charge in [-0.25, -0.2) is 0 Å². The topological polar surface area (TPSA) is 21.3 Å². The second-order valence-electron chi connectivity index (χ2n) is 5.99. The quantitative estimate of drug-likeness (QED) is 0.651. The lowest BCUT2D eigenvalue weighted by molar-refractivity contribution is 0.155. The molecule has 5 rings (SSSR count). The highest BCUT2D eigenvalue weighted by Crippen LogP contribution is 2.42. The highest BCUT2D eigenvalue weighted by Gasteiger charge is 2.39. The number of hydrogen-bond donors (Lipinski definition) is 1. The van der Waals surface area contributed by atoms with Gasteiger partial charge in [0, 0.05) is 23.1 Å². The molecule has 2 heterocycles. The molecule has 2 nitrogen and oxygen atoms in total. The molecule has 1 atom stereocenters. The summed E-state index contributed by atoms with van der Waals surface area (Å²) >= 11 is 0. The number of benzene rings is 3. The molecule has 2 aliphatic rings. The van der Waals surface area contributed by atoms with Gasteiger partial charge in [0.15, 0.2) is 0 Å². The molecular weight excluding hydrogens is 270 g/mol. The first kappa shape index (κ1) is 11.9. The third-order valence-corrected chi connectivity index (χ3v) is 4.55.